The second-order valence-electron chi connectivity index (χ2n) is 8.94. The van der Waals surface area contributed by atoms with E-state index in [0.29, 0.717) is 24.4 Å². The highest BCUT2D eigenvalue weighted by molar-refractivity contribution is 5.90. The van der Waals surface area contributed by atoms with Gasteiger partial charge in [-0.3, -0.25) is 4.79 Å². The van der Waals surface area contributed by atoms with Gasteiger partial charge in [0.15, 0.2) is 5.76 Å². The zero-order chi connectivity index (χ0) is 22.3. The van der Waals surface area contributed by atoms with E-state index in [1.165, 1.54) is 12.4 Å². The van der Waals surface area contributed by atoms with Crippen molar-refractivity contribution in [3.63, 3.8) is 0 Å². The zero-order valence-corrected chi connectivity index (χ0v) is 18.0. The third-order valence-electron chi connectivity index (χ3n) is 5.81. The molecule has 0 unspecified atom stereocenters. The van der Waals surface area contributed by atoms with Gasteiger partial charge >= 0.3 is 12.0 Å². The van der Waals surface area contributed by atoms with Crippen LogP contribution >= 0.6 is 0 Å². The van der Waals surface area contributed by atoms with Crippen LogP contribution in [0.2, 0.25) is 0 Å². The van der Waals surface area contributed by atoms with Crippen molar-refractivity contribution >= 4 is 17.8 Å². The van der Waals surface area contributed by atoms with Crippen LogP contribution in [-0.4, -0.2) is 62.5 Å². The fourth-order valence-electron chi connectivity index (χ4n) is 4.35. The predicted octanol–water partition coefficient (Wildman–Crippen LogP) is 3.76. The lowest BCUT2D eigenvalue weighted by atomic mass is 9.98. The molecule has 9 nitrogen and oxygen atoms in total. The summed E-state index contributed by atoms with van der Waals surface area (Å²) in [6, 6.07) is 3.18. The molecule has 3 atom stereocenters. The van der Waals surface area contributed by atoms with Crippen molar-refractivity contribution in [3.05, 3.63) is 41.8 Å². The summed E-state index contributed by atoms with van der Waals surface area (Å²) in [5.41, 5.74) is 0.0656. The smallest absolute Gasteiger partial charge is 0.410 e. The van der Waals surface area contributed by atoms with Crippen LogP contribution < -0.4 is 0 Å². The Morgan fingerprint density at radius 1 is 1.29 bits per heavy atom. The van der Waals surface area contributed by atoms with Gasteiger partial charge in [0.25, 0.3) is 11.7 Å². The van der Waals surface area contributed by atoms with Gasteiger partial charge in [-0.15, -0.1) is 4.98 Å². The number of hydrogen-bond acceptors (Lipinski definition) is 6. The van der Waals surface area contributed by atoms with Gasteiger partial charge in [0.2, 0.25) is 0 Å². The van der Waals surface area contributed by atoms with E-state index in [9.17, 15) is 9.59 Å². The number of carbonyl (C=O) groups excluding carboxylic acids is 2. The maximum Gasteiger partial charge on any atom is 0.410 e. The predicted molar refractivity (Wildman–Crippen MR) is 111 cm³/mol. The van der Waals surface area contributed by atoms with Crippen LogP contribution in [0.3, 0.4) is 0 Å². The summed E-state index contributed by atoms with van der Waals surface area (Å²) in [6.07, 6.45) is 3.45. The number of likely N-dealkylation sites (tertiary alicyclic amines) is 2. The number of oxazole rings is 1. The minimum Gasteiger partial charge on any atom is -0.444 e. The Hall–Kier alpha value is -3.41. The molecule has 2 aromatic rings. The van der Waals surface area contributed by atoms with E-state index in [4.69, 9.17) is 15.7 Å². The molecule has 9 heteroatoms. The molecule has 2 saturated heterocycles. The molecule has 2 aliphatic rings. The second kappa shape index (κ2) is 7.69. The molecule has 0 aliphatic carbocycles. The highest BCUT2D eigenvalue weighted by atomic mass is 16.6. The van der Waals surface area contributed by atoms with E-state index >= 15 is 0 Å². The van der Waals surface area contributed by atoms with Crippen molar-refractivity contribution in [2.24, 2.45) is 5.92 Å². The minimum absolute atomic E-state index is 0.000181. The monoisotopic (exact) mass is 423 g/mol. The summed E-state index contributed by atoms with van der Waals surface area (Å²) in [7, 11) is 0. The summed E-state index contributed by atoms with van der Waals surface area (Å²) >= 11 is 0. The van der Waals surface area contributed by atoms with E-state index in [0.717, 1.165) is 6.42 Å². The SMILES string of the molecule is [C-]#[N+]c1cc(-c2cnc(C(=O)N3CC[C@@H]4[C@@H](C)N(C(=O)OC(C)(C)C)C[C@@H]43)o2)ccn1. The normalized spacial score (nSPS) is 22.9. The third-order valence-corrected chi connectivity index (χ3v) is 5.81. The first-order valence-electron chi connectivity index (χ1n) is 10.3. The van der Waals surface area contributed by atoms with Gasteiger partial charge in [0, 0.05) is 30.6 Å². The summed E-state index contributed by atoms with van der Waals surface area (Å²) < 4.78 is 11.3. The molecule has 2 amide bonds. The molecule has 0 bridgehead atoms. The maximum absolute atomic E-state index is 13.1. The Bertz CT molecular complexity index is 1050. The molecular weight excluding hydrogens is 398 g/mol. The first kappa shape index (κ1) is 20.8. The highest BCUT2D eigenvalue weighted by Crippen LogP contribution is 2.38. The number of ether oxygens (including phenoxy) is 1. The first-order valence-corrected chi connectivity index (χ1v) is 10.3. The Morgan fingerprint density at radius 3 is 2.77 bits per heavy atom. The summed E-state index contributed by atoms with van der Waals surface area (Å²) in [6.45, 7) is 15.6. The maximum atomic E-state index is 13.1. The quantitative estimate of drug-likeness (QED) is 0.683. The number of nitrogens with zero attached hydrogens (tertiary/aromatic N) is 5. The molecule has 4 rings (SSSR count). The molecule has 0 spiro atoms. The summed E-state index contributed by atoms with van der Waals surface area (Å²) in [5, 5.41) is 0. The van der Waals surface area contributed by atoms with E-state index in [1.54, 1.807) is 21.9 Å². The molecule has 2 aromatic heterocycles. The molecule has 0 N–H and O–H groups in total. The fraction of sp³-hybridized carbons (Fsp3) is 0.500. The number of carbonyl (C=O) groups is 2. The fourth-order valence-corrected chi connectivity index (χ4v) is 4.35. The van der Waals surface area contributed by atoms with Crippen LogP contribution in [-0.2, 0) is 4.74 Å². The number of rotatable bonds is 2. The van der Waals surface area contributed by atoms with E-state index in [1.807, 2.05) is 27.7 Å². The van der Waals surface area contributed by atoms with Crippen LogP contribution in [0.4, 0.5) is 10.6 Å². The lowest BCUT2D eigenvalue weighted by Gasteiger charge is -2.28. The highest BCUT2D eigenvalue weighted by Gasteiger charge is 2.50. The van der Waals surface area contributed by atoms with E-state index in [-0.39, 0.29) is 41.7 Å². The summed E-state index contributed by atoms with van der Waals surface area (Å²) in [4.78, 5) is 40.6. The number of fused-ring (bicyclic) bond motifs is 1. The van der Waals surface area contributed by atoms with E-state index in [2.05, 4.69) is 14.8 Å². The molecule has 2 aliphatic heterocycles. The Balaban J connectivity index is 1.50. The molecule has 31 heavy (non-hydrogen) atoms. The molecule has 0 saturated carbocycles. The molecule has 0 aromatic carbocycles. The van der Waals surface area contributed by atoms with Crippen molar-refractivity contribution in [3.8, 4) is 11.3 Å². The van der Waals surface area contributed by atoms with E-state index < -0.39 is 5.60 Å². The third kappa shape index (κ3) is 3.98. The lowest BCUT2D eigenvalue weighted by molar-refractivity contribution is 0.0206. The van der Waals surface area contributed by atoms with Gasteiger partial charge in [0.1, 0.15) is 11.8 Å². The average molecular weight is 423 g/mol. The van der Waals surface area contributed by atoms with Crippen molar-refractivity contribution in [1.29, 1.82) is 0 Å². The van der Waals surface area contributed by atoms with Crippen molar-refractivity contribution < 1.29 is 18.7 Å². The van der Waals surface area contributed by atoms with Crippen LogP contribution in [0.15, 0.2) is 28.9 Å². The van der Waals surface area contributed by atoms with Gasteiger partial charge < -0.3 is 23.8 Å². The molecular formula is C22H25N5O4. The molecule has 2 fully saturated rings. The number of pyridine rings is 1. The number of hydrogen-bond donors (Lipinski definition) is 0. The Labute approximate surface area is 180 Å². The van der Waals surface area contributed by atoms with Crippen LogP contribution in [0, 0.1) is 12.5 Å². The van der Waals surface area contributed by atoms with Crippen LogP contribution in [0.5, 0.6) is 0 Å². The van der Waals surface area contributed by atoms with Gasteiger partial charge in [-0.05, 0) is 46.2 Å². The molecule has 4 heterocycles. The molecule has 162 valence electrons. The Morgan fingerprint density at radius 2 is 2.06 bits per heavy atom. The Kier molecular flexibility index (Phi) is 5.17. The second-order valence-corrected chi connectivity index (χ2v) is 8.94. The van der Waals surface area contributed by atoms with Crippen molar-refractivity contribution in [2.45, 2.75) is 51.8 Å². The van der Waals surface area contributed by atoms with Crippen LogP contribution in [0.1, 0.15) is 44.8 Å². The van der Waals surface area contributed by atoms with Crippen molar-refractivity contribution in [1.82, 2.24) is 19.8 Å². The van der Waals surface area contributed by atoms with Gasteiger partial charge in [-0.1, -0.05) is 6.57 Å². The number of amides is 2. The molecule has 0 radical (unpaired) electrons. The first-order chi connectivity index (χ1) is 14.7. The van der Waals surface area contributed by atoms with Crippen LogP contribution in [0.25, 0.3) is 16.2 Å². The average Bonchev–Trinajstić information content (AvgIpc) is 3.43. The zero-order valence-electron chi connectivity index (χ0n) is 18.0. The lowest BCUT2D eigenvalue weighted by Crippen LogP contribution is -2.43. The largest absolute Gasteiger partial charge is 0.444 e. The minimum atomic E-state index is -0.571. The summed E-state index contributed by atoms with van der Waals surface area (Å²) in [5.74, 6) is 0.539. The topological polar surface area (TPSA) is 93.1 Å². The number of aromatic nitrogens is 2. The van der Waals surface area contributed by atoms with Gasteiger partial charge in [-0.25, -0.2) is 9.78 Å². The van der Waals surface area contributed by atoms with Gasteiger partial charge in [-0.2, -0.15) is 0 Å². The van der Waals surface area contributed by atoms with Gasteiger partial charge in [0.05, 0.1) is 12.2 Å². The van der Waals surface area contributed by atoms with Crippen molar-refractivity contribution in [2.75, 3.05) is 13.1 Å². The standard InChI is InChI=1S/C22H25N5O4/c1-13-15-7-9-26(16(15)12-27(13)21(29)31-22(2,3)4)20(28)19-25-11-17(30-19)14-6-8-24-18(10-14)23-5/h6,8,10-11,13,15-16H,7,9,12H2,1-4H3/t13-,15-,16+/m1/s1.